The fourth-order valence-corrected chi connectivity index (χ4v) is 4.88. The van der Waals surface area contributed by atoms with Gasteiger partial charge in [-0.25, -0.2) is 0 Å². The molecule has 0 aromatic heterocycles. The van der Waals surface area contributed by atoms with E-state index in [0.29, 0.717) is 25.8 Å². The monoisotopic (exact) mass is 458 g/mol. The van der Waals surface area contributed by atoms with Gasteiger partial charge in [0.1, 0.15) is 11.8 Å². The highest BCUT2D eigenvalue weighted by molar-refractivity contribution is 9.10. The van der Waals surface area contributed by atoms with Crippen LogP contribution in [0.15, 0.2) is 34.3 Å². The number of hydrogen-bond donors (Lipinski definition) is 0. The number of aryl methyl sites for hydroxylation is 1. The first-order valence-corrected chi connectivity index (χ1v) is 10.7. The van der Waals surface area contributed by atoms with E-state index < -0.39 is 11.5 Å². The van der Waals surface area contributed by atoms with E-state index in [1.807, 2.05) is 38.1 Å². The highest BCUT2D eigenvalue weighted by Crippen LogP contribution is 2.44. The van der Waals surface area contributed by atoms with E-state index in [-0.39, 0.29) is 22.7 Å². The molecule has 1 amide bonds. The number of Topliss-reactive ketones (excluding diaryl/α,β-unsaturated/α-hetero) is 1. The standard InChI is InChI=1S/C23H27BrN2O3/c1-22(2)14-23(3,12-16(13-25)20(22)27)9-10-26(4)21(28)19-7-5-15-11-17(24)6-8-18(15)29-19/h6,8,11-12,19H,5,7,9-10,14H2,1-4H3/t19?,23-/m1/s1. The Morgan fingerprint density at radius 3 is 2.79 bits per heavy atom. The van der Waals surface area contributed by atoms with E-state index in [2.05, 4.69) is 22.9 Å². The third-order valence-corrected chi connectivity index (χ3v) is 6.45. The zero-order chi connectivity index (χ0) is 21.4. The van der Waals surface area contributed by atoms with Gasteiger partial charge < -0.3 is 9.64 Å². The molecule has 1 aliphatic carbocycles. The summed E-state index contributed by atoms with van der Waals surface area (Å²) in [5, 5.41) is 9.34. The molecule has 0 spiro atoms. The molecule has 0 saturated carbocycles. The second-order valence-electron chi connectivity index (χ2n) is 9.12. The molecule has 154 valence electrons. The summed E-state index contributed by atoms with van der Waals surface area (Å²) in [6.45, 7) is 6.38. The quantitative estimate of drug-likeness (QED) is 0.667. The molecule has 2 aliphatic rings. The Morgan fingerprint density at radius 1 is 1.38 bits per heavy atom. The summed E-state index contributed by atoms with van der Waals surface area (Å²) in [5.41, 5.74) is 0.475. The number of fused-ring (bicyclic) bond motifs is 1. The van der Waals surface area contributed by atoms with Crippen molar-refractivity contribution in [1.82, 2.24) is 4.90 Å². The van der Waals surface area contributed by atoms with Crippen LogP contribution in [0.25, 0.3) is 0 Å². The molecule has 1 heterocycles. The van der Waals surface area contributed by atoms with E-state index >= 15 is 0 Å². The molecule has 0 fully saturated rings. The van der Waals surface area contributed by atoms with Crippen LogP contribution in [0, 0.1) is 22.2 Å². The van der Waals surface area contributed by atoms with E-state index in [4.69, 9.17) is 4.74 Å². The number of nitrogens with zero attached hydrogens (tertiary/aromatic N) is 2. The van der Waals surface area contributed by atoms with E-state index in [1.165, 1.54) is 0 Å². The van der Waals surface area contributed by atoms with Crippen LogP contribution in [0.3, 0.4) is 0 Å². The summed E-state index contributed by atoms with van der Waals surface area (Å²) in [4.78, 5) is 27.0. The van der Waals surface area contributed by atoms with Gasteiger partial charge in [0.2, 0.25) is 0 Å². The highest BCUT2D eigenvalue weighted by Gasteiger charge is 2.42. The van der Waals surface area contributed by atoms with Crippen molar-refractivity contribution in [3.63, 3.8) is 0 Å². The molecule has 2 atom stereocenters. The average molecular weight is 459 g/mol. The highest BCUT2D eigenvalue weighted by atomic mass is 79.9. The van der Waals surface area contributed by atoms with Gasteiger partial charge in [0.05, 0.1) is 5.57 Å². The molecular formula is C23H27BrN2O3. The van der Waals surface area contributed by atoms with Gasteiger partial charge in [0.25, 0.3) is 5.91 Å². The predicted octanol–water partition coefficient (Wildman–Crippen LogP) is 4.45. The summed E-state index contributed by atoms with van der Waals surface area (Å²) in [6.07, 6.45) is 4.13. The second kappa shape index (κ2) is 7.95. The lowest BCUT2D eigenvalue weighted by atomic mass is 9.64. The first-order chi connectivity index (χ1) is 13.5. The van der Waals surface area contributed by atoms with Crippen molar-refractivity contribution in [2.75, 3.05) is 13.6 Å². The topological polar surface area (TPSA) is 70.4 Å². The lowest BCUT2D eigenvalue weighted by Gasteiger charge is -2.40. The fraction of sp³-hybridized carbons (Fsp3) is 0.522. The van der Waals surface area contributed by atoms with E-state index in [9.17, 15) is 14.9 Å². The first kappa shape index (κ1) is 21.6. The molecule has 1 aliphatic heterocycles. The van der Waals surface area contributed by atoms with Gasteiger partial charge in [0.15, 0.2) is 11.9 Å². The van der Waals surface area contributed by atoms with Crippen molar-refractivity contribution in [2.24, 2.45) is 10.8 Å². The minimum absolute atomic E-state index is 0.0298. The Bertz CT molecular complexity index is 915. The molecule has 1 aromatic rings. The van der Waals surface area contributed by atoms with Crippen molar-refractivity contribution < 1.29 is 14.3 Å². The smallest absolute Gasteiger partial charge is 0.263 e. The van der Waals surface area contributed by atoms with Gasteiger partial charge >= 0.3 is 0 Å². The molecule has 0 bridgehead atoms. The van der Waals surface area contributed by atoms with Crippen LogP contribution >= 0.6 is 15.9 Å². The third-order valence-electron chi connectivity index (χ3n) is 5.96. The Morgan fingerprint density at radius 2 is 2.10 bits per heavy atom. The lowest BCUT2D eigenvalue weighted by Crippen LogP contribution is -2.44. The molecule has 5 nitrogen and oxygen atoms in total. The number of carbonyl (C=O) groups is 2. The van der Waals surface area contributed by atoms with Crippen molar-refractivity contribution in [1.29, 1.82) is 5.26 Å². The normalized spacial score (nSPS) is 25.3. The zero-order valence-electron chi connectivity index (χ0n) is 17.4. The van der Waals surface area contributed by atoms with Crippen LogP contribution in [0.5, 0.6) is 5.75 Å². The molecule has 3 rings (SSSR count). The number of ether oxygens (including phenoxy) is 1. The summed E-state index contributed by atoms with van der Waals surface area (Å²) < 4.78 is 6.96. The zero-order valence-corrected chi connectivity index (χ0v) is 19.0. The molecule has 0 saturated heterocycles. The predicted molar refractivity (Wildman–Crippen MR) is 114 cm³/mol. The molecule has 1 aromatic carbocycles. The minimum atomic E-state index is -0.568. The summed E-state index contributed by atoms with van der Waals surface area (Å²) in [6, 6.07) is 7.90. The first-order valence-electron chi connectivity index (χ1n) is 9.92. The molecule has 29 heavy (non-hydrogen) atoms. The number of likely N-dealkylation sites (N-methyl/N-ethyl adjacent to an activating group) is 1. The lowest BCUT2D eigenvalue weighted by molar-refractivity contribution is -0.138. The van der Waals surface area contributed by atoms with Gasteiger partial charge in [-0.15, -0.1) is 0 Å². The van der Waals surface area contributed by atoms with Crippen molar-refractivity contribution in [3.05, 3.63) is 39.9 Å². The third kappa shape index (κ3) is 4.56. The molecule has 0 radical (unpaired) electrons. The minimum Gasteiger partial charge on any atom is -0.480 e. The number of benzene rings is 1. The number of ketones is 1. The maximum absolute atomic E-state index is 12.9. The van der Waals surface area contributed by atoms with Gasteiger partial charge in [0, 0.05) is 23.5 Å². The second-order valence-corrected chi connectivity index (χ2v) is 10.0. The van der Waals surface area contributed by atoms with Gasteiger partial charge in [-0.2, -0.15) is 5.26 Å². The average Bonchev–Trinajstić information content (AvgIpc) is 2.67. The number of amides is 1. The molecule has 1 unspecified atom stereocenters. The number of allylic oxidation sites excluding steroid dienone is 2. The molecule has 0 N–H and O–H groups in total. The van der Waals surface area contributed by atoms with Gasteiger partial charge in [-0.3, -0.25) is 9.59 Å². The van der Waals surface area contributed by atoms with Crippen LogP contribution in [-0.2, 0) is 16.0 Å². The summed E-state index contributed by atoms with van der Waals surface area (Å²) in [5.74, 6) is 0.646. The number of nitriles is 1. The number of carbonyl (C=O) groups excluding carboxylic acids is 2. The Hall–Kier alpha value is -2.13. The largest absolute Gasteiger partial charge is 0.480 e. The van der Waals surface area contributed by atoms with Crippen LogP contribution in [0.4, 0.5) is 0 Å². The van der Waals surface area contributed by atoms with Crippen LogP contribution in [0.2, 0.25) is 0 Å². The maximum Gasteiger partial charge on any atom is 0.263 e. The number of halogens is 1. The Kier molecular flexibility index (Phi) is 5.91. The Labute approximate surface area is 180 Å². The summed E-state index contributed by atoms with van der Waals surface area (Å²) >= 11 is 3.47. The maximum atomic E-state index is 12.9. The van der Waals surface area contributed by atoms with Gasteiger partial charge in [-0.05, 0) is 54.9 Å². The van der Waals surface area contributed by atoms with Gasteiger partial charge in [-0.1, -0.05) is 42.8 Å². The SMILES string of the molecule is CN(CC[C@]1(C)C=C(C#N)C(=O)C(C)(C)C1)C(=O)C1CCc2cc(Br)ccc2O1. The van der Waals surface area contributed by atoms with Crippen LogP contribution in [-0.4, -0.2) is 36.3 Å². The fourth-order valence-electron chi connectivity index (χ4n) is 4.47. The molecular weight excluding hydrogens is 432 g/mol. The summed E-state index contributed by atoms with van der Waals surface area (Å²) in [7, 11) is 1.79. The van der Waals surface area contributed by atoms with E-state index in [0.717, 1.165) is 22.2 Å². The molecule has 6 heteroatoms. The van der Waals surface area contributed by atoms with Crippen molar-refractivity contribution in [2.45, 2.75) is 52.6 Å². The Balaban J connectivity index is 1.65. The number of rotatable bonds is 4. The number of hydrogen-bond acceptors (Lipinski definition) is 4. The van der Waals surface area contributed by atoms with Crippen molar-refractivity contribution >= 4 is 27.6 Å². The van der Waals surface area contributed by atoms with Crippen LogP contribution < -0.4 is 4.74 Å². The van der Waals surface area contributed by atoms with E-state index in [1.54, 1.807) is 18.0 Å². The van der Waals surface area contributed by atoms with Crippen LogP contribution in [0.1, 0.15) is 45.6 Å². The van der Waals surface area contributed by atoms with Crippen molar-refractivity contribution in [3.8, 4) is 11.8 Å².